The normalized spacial score (nSPS) is 13.5. The van der Waals surface area contributed by atoms with E-state index in [1.807, 2.05) is 0 Å². The van der Waals surface area contributed by atoms with Gasteiger partial charge in [0.15, 0.2) is 0 Å². The van der Waals surface area contributed by atoms with E-state index in [1.54, 1.807) is 6.20 Å². The van der Waals surface area contributed by atoms with E-state index < -0.39 is 6.10 Å². The number of rotatable bonds is 2. The van der Waals surface area contributed by atoms with E-state index in [-0.39, 0.29) is 5.88 Å². The predicted octanol–water partition coefficient (Wildman–Crippen LogP) is 2.18. The molecule has 0 saturated carbocycles. The summed E-state index contributed by atoms with van der Waals surface area (Å²) < 4.78 is 0.909. The van der Waals surface area contributed by atoms with Gasteiger partial charge in [0, 0.05) is 0 Å². The largest absolute Gasteiger partial charge is 0.385 e. The van der Waals surface area contributed by atoms with Crippen LogP contribution >= 0.6 is 38.9 Å². The van der Waals surface area contributed by atoms with Gasteiger partial charge in [0.2, 0.25) is 0 Å². The van der Waals surface area contributed by atoms with Gasteiger partial charge in [-0.2, -0.15) is 0 Å². The molecule has 0 aliphatic rings. The van der Waals surface area contributed by atoms with E-state index in [0.717, 1.165) is 3.79 Å². The van der Waals surface area contributed by atoms with E-state index in [0.29, 0.717) is 5.01 Å². The fourth-order valence-corrected chi connectivity index (χ4v) is 1.95. The van der Waals surface area contributed by atoms with Crippen molar-refractivity contribution in [3.05, 3.63) is 15.0 Å². The molecule has 2 nitrogen and oxygen atoms in total. The summed E-state index contributed by atoms with van der Waals surface area (Å²) in [4.78, 5) is 3.92. The van der Waals surface area contributed by atoms with E-state index in [9.17, 15) is 0 Å². The molecule has 0 aliphatic carbocycles. The Morgan fingerprint density at radius 2 is 2.60 bits per heavy atom. The molecule has 56 valence electrons. The number of hydrogen-bond donors (Lipinski definition) is 1. The molecular weight excluding hydrogens is 237 g/mol. The van der Waals surface area contributed by atoms with Crippen LogP contribution in [0.25, 0.3) is 0 Å². The smallest absolute Gasteiger partial charge is 0.123 e. The summed E-state index contributed by atoms with van der Waals surface area (Å²) in [5.74, 6) is 0.194. The lowest BCUT2D eigenvalue weighted by Crippen LogP contribution is -1.96. The quantitative estimate of drug-likeness (QED) is 0.807. The molecular formula is C5H5BrClNOS. The molecule has 0 amide bonds. The number of aliphatic hydroxyl groups is 1. The minimum atomic E-state index is -0.627. The summed E-state index contributed by atoms with van der Waals surface area (Å²) in [6.45, 7) is 0. The molecule has 1 aromatic heterocycles. The standard InChI is InChI=1S/C5H5BrClNOS/c6-4-2-8-5(10-4)3(9)1-7/h2-3,9H,1H2. The highest BCUT2D eigenvalue weighted by atomic mass is 79.9. The topological polar surface area (TPSA) is 33.1 Å². The second-order valence-corrected chi connectivity index (χ2v) is 4.42. The summed E-state index contributed by atoms with van der Waals surface area (Å²) in [6.07, 6.45) is 1.02. The van der Waals surface area contributed by atoms with E-state index >= 15 is 0 Å². The van der Waals surface area contributed by atoms with Crippen LogP contribution in [0.3, 0.4) is 0 Å². The summed E-state index contributed by atoms with van der Waals surface area (Å²) in [5.41, 5.74) is 0. The molecule has 0 bridgehead atoms. The van der Waals surface area contributed by atoms with Gasteiger partial charge in [0.05, 0.1) is 15.9 Å². The minimum Gasteiger partial charge on any atom is -0.385 e. The van der Waals surface area contributed by atoms with Crippen molar-refractivity contribution in [1.82, 2.24) is 4.98 Å². The maximum Gasteiger partial charge on any atom is 0.123 e. The number of aromatic nitrogens is 1. The zero-order valence-corrected chi connectivity index (χ0v) is 8.08. The predicted molar refractivity (Wildman–Crippen MR) is 45.5 cm³/mol. The van der Waals surface area contributed by atoms with Gasteiger partial charge in [-0.15, -0.1) is 22.9 Å². The van der Waals surface area contributed by atoms with Crippen LogP contribution in [0.1, 0.15) is 11.1 Å². The first kappa shape index (κ1) is 8.46. The van der Waals surface area contributed by atoms with Crippen molar-refractivity contribution >= 4 is 38.9 Å². The molecule has 0 aromatic carbocycles. The van der Waals surface area contributed by atoms with Crippen molar-refractivity contribution in [3.63, 3.8) is 0 Å². The lowest BCUT2D eigenvalue weighted by molar-refractivity contribution is 0.202. The molecule has 0 spiro atoms. The Hall–Kier alpha value is 0.360. The third kappa shape index (κ3) is 1.92. The van der Waals surface area contributed by atoms with Gasteiger partial charge in [-0.25, -0.2) is 4.98 Å². The highest BCUT2D eigenvalue weighted by Gasteiger charge is 2.09. The zero-order valence-electron chi connectivity index (χ0n) is 4.92. The average molecular weight is 243 g/mol. The van der Waals surface area contributed by atoms with Crippen molar-refractivity contribution in [2.45, 2.75) is 6.10 Å². The van der Waals surface area contributed by atoms with Gasteiger partial charge in [-0.3, -0.25) is 0 Å². The Morgan fingerprint density at radius 3 is 3.00 bits per heavy atom. The molecule has 0 aliphatic heterocycles. The third-order valence-corrected chi connectivity index (χ3v) is 2.80. The van der Waals surface area contributed by atoms with Crippen LogP contribution in [-0.2, 0) is 0 Å². The lowest BCUT2D eigenvalue weighted by Gasteiger charge is -1.98. The fraction of sp³-hybridized carbons (Fsp3) is 0.400. The Balaban J connectivity index is 2.74. The Kier molecular flexibility index (Phi) is 3.10. The van der Waals surface area contributed by atoms with Crippen molar-refractivity contribution in [2.24, 2.45) is 0 Å². The number of hydrogen-bond acceptors (Lipinski definition) is 3. The van der Waals surface area contributed by atoms with Crippen LogP contribution in [0, 0.1) is 0 Å². The summed E-state index contributed by atoms with van der Waals surface area (Å²) in [5, 5.41) is 9.79. The first-order valence-corrected chi connectivity index (χ1v) is 4.73. The molecule has 1 rings (SSSR count). The van der Waals surface area contributed by atoms with E-state index in [2.05, 4.69) is 20.9 Å². The van der Waals surface area contributed by atoms with E-state index in [4.69, 9.17) is 16.7 Å². The first-order chi connectivity index (χ1) is 4.74. The van der Waals surface area contributed by atoms with Crippen molar-refractivity contribution in [3.8, 4) is 0 Å². The fourth-order valence-electron chi connectivity index (χ4n) is 0.487. The SMILES string of the molecule is OC(CCl)c1ncc(Br)s1. The van der Waals surface area contributed by atoms with Gasteiger partial charge in [0.25, 0.3) is 0 Å². The molecule has 0 fully saturated rings. The van der Waals surface area contributed by atoms with Crippen LogP contribution in [-0.4, -0.2) is 16.0 Å². The maximum atomic E-state index is 9.14. The lowest BCUT2D eigenvalue weighted by atomic mass is 10.4. The molecule has 1 N–H and O–H groups in total. The van der Waals surface area contributed by atoms with Gasteiger partial charge >= 0.3 is 0 Å². The molecule has 1 atom stereocenters. The molecule has 1 aromatic rings. The maximum absolute atomic E-state index is 9.14. The second kappa shape index (κ2) is 3.67. The van der Waals surface area contributed by atoms with Crippen molar-refractivity contribution in [1.29, 1.82) is 0 Å². The van der Waals surface area contributed by atoms with Gasteiger partial charge < -0.3 is 5.11 Å². The van der Waals surface area contributed by atoms with Gasteiger partial charge in [-0.1, -0.05) is 0 Å². The highest BCUT2D eigenvalue weighted by molar-refractivity contribution is 9.11. The number of alkyl halides is 1. The van der Waals surface area contributed by atoms with Crippen molar-refractivity contribution < 1.29 is 5.11 Å². The Labute approximate surface area is 76.0 Å². The average Bonchev–Trinajstić information content (AvgIpc) is 2.34. The summed E-state index contributed by atoms with van der Waals surface area (Å²) >= 11 is 10.0. The molecule has 0 radical (unpaired) electrons. The van der Waals surface area contributed by atoms with Crippen LogP contribution in [0.5, 0.6) is 0 Å². The first-order valence-electron chi connectivity index (χ1n) is 2.59. The van der Waals surface area contributed by atoms with Crippen LogP contribution in [0.4, 0.5) is 0 Å². The second-order valence-electron chi connectivity index (χ2n) is 1.67. The summed E-state index contributed by atoms with van der Waals surface area (Å²) in [6, 6.07) is 0. The van der Waals surface area contributed by atoms with Crippen molar-refractivity contribution in [2.75, 3.05) is 5.88 Å². The monoisotopic (exact) mass is 241 g/mol. The molecule has 0 saturated heterocycles. The van der Waals surface area contributed by atoms with Crippen LogP contribution < -0.4 is 0 Å². The molecule has 10 heavy (non-hydrogen) atoms. The summed E-state index contributed by atoms with van der Waals surface area (Å²) in [7, 11) is 0. The number of halogens is 2. The van der Waals surface area contributed by atoms with Crippen LogP contribution in [0.2, 0.25) is 0 Å². The number of nitrogens with zero attached hydrogens (tertiary/aromatic N) is 1. The Morgan fingerprint density at radius 1 is 1.90 bits per heavy atom. The highest BCUT2D eigenvalue weighted by Crippen LogP contribution is 2.24. The zero-order chi connectivity index (χ0) is 7.56. The molecule has 5 heteroatoms. The van der Waals surface area contributed by atoms with Crippen LogP contribution in [0.15, 0.2) is 9.98 Å². The number of aliphatic hydroxyl groups excluding tert-OH is 1. The Bertz CT molecular complexity index is 217. The molecule has 1 unspecified atom stereocenters. The minimum absolute atomic E-state index is 0.194. The van der Waals surface area contributed by atoms with Gasteiger partial charge in [-0.05, 0) is 15.9 Å². The number of thiazole rings is 1. The molecule has 1 heterocycles. The van der Waals surface area contributed by atoms with Gasteiger partial charge in [0.1, 0.15) is 11.1 Å². The van der Waals surface area contributed by atoms with E-state index in [1.165, 1.54) is 11.3 Å². The third-order valence-electron chi connectivity index (χ3n) is 0.927.